The number of hydrogen-bond donors (Lipinski definition) is 1. The zero-order chi connectivity index (χ0) is 14.4. The number of carbonyl (C=O) groups excluding carboxylic acids is 1. The second-order valence-corrected chi connectivity index (χ2v) is 5.29. The van der Waals surface area contributed by atoms with Crippen LogP contribution in [0.15, 0.2) is 30.3 Å². The van der Waals surface area contributed by atoms with Crippen molar-refractivity contribution < 1.29 is 9.53 Å². The Labute approximate surface area is 133 Å². The van der Waals surface area contributed by atoms with E-state index in [1.165, 1.54) is 6.42 Å². The molecule has 1 amide bonds. The highest BCUT2D eigenvalue weighted by molar-refractivity contribution is 5.85. The molecule has 1 aromatic rings. The number of rotatable bonds is 5. The van der Waals surface area contributed by atoms with E-state index < -0.39 is 6.10 Å². The highest BCUT2D eigenvalue weighted by Gasteiger charge is 2.31. The molecule has 0 bridgehead atoms. The van der Waals surface area contributed by atoms with Gasteiger partial charge < -0.3 is 15.4 Å². The molecular formula is C16H25ClN2O2. The van der Waals surface area contributed by atoms with E-state index in [4.69, 9.17) is 10.5 Å². The highest BCUT2D eigenvalue weighted by Crippen LogP contribution is 2.26. The molecule has 118 valence electrons. The summed E-state index contributed by atoms with van der Waals surface area (Å²) in [5.74, 6) is 0.0665. The second-order valence-electron chi connectivity index (χ2n) is 5.29. The standard InChI is InChI=1S/C16H24N2O2.ClH/c1-20-15(13-7-3-2-4-8-13)16(19)18-12-6-5-9-14(18)10-11-17;/h2-4,7-8,14-15H,5-6,9-12,17H2,1H3;1H. The molecule has 2 N–H and O–H groups in total. The smallest absolute Gasteiger partial charge is 0.256 e. The van der Waals surface area contributed by atoms with Gasteiger partial charge in [0.2, 0.25) is 0 Å². The van der Waals surface area contributed by atoms with Crippen LogP contribution >= 0.6 is 12.4 Å². The fraction of sp³-hybridized carbons (Fsp3) is 0.562. The molecule has 0 radical (unpaired) electrons. The van der Waals surface area contributed by atoms with E-state index in [2.05, 4.69) is 0 Å². The van der Waals surface area contributed by atoms with Crippen LogP contribution in [0.1, 0.15) is 37.4 Å². The number of amides is 1. The van der Waals surface area contributed by atoms with Gasteiger partial charge in [-0.05, 0) is 37.8 Å². The largest absolute Gasteiger partial charge is 0.367 e. The third-order valence-electron chi connectivity index (χ3n) is 3.97. The first-order valence-electron chi connectivity index (χ1n) is 7.36. The van der Waals surface area contributed by atoms with E-state index in [0.29, 0.717) is 6.54 Å². The lowest BCUT2D eigenvalue weighted by Crippen LogP contribution is -2.47. The van der Waals surface area contributed by atoms with Crippen LogP contribution in [0.5, 0.6) is 0 Å². The molecule has 1 aliphatic rings. The minimum Gasteiger partial charge on any atom is -0.367 e. The van der Waals surface area contributed by atoms with Gasteiger partial charge in [0.15, 0.2) is 6.10 Å². The van der Waals surface area contributed by atoms with Crippen molar-refractivity contribution >= 4 is 18.3 Å². The third kappa shape index (κ3) is 4.43. The molecule has 0 aliphatic carbocycles. The van der Waals surface area contributed by atoms with Crippen LogP contribution in [0.25, 0.3) is 0 Å². The van der Waals surface area contributed by atoms with E-state index in [-0.39, 0.29) is 24.4 Å². The number of nitrogens with zero attached hydrogens (tertiary/aromatic N) is 1. The molecule has 0 saturated carbocycles. The molecule has 1 fully saturated rings. The summed E-state index contributed by atoms with van der Waals surface area (Å²) in [6.45, 7) is 1.44. The Bertz CT molecular complexity index is 426. The van der Waals surface area contributed by atoms with E-state index >= 15 is 0 Å². The van der Waals surface area contributed by atoms with Crippen molar-refractivity contribution in [3.8, 4) is 0 Å². The van der Waals surface area contributed by atoms with Crippen LogP contribution in [0.4, 0.5) is 0 Å². The van der Waals surface area contributed by atoms with Crippen molar-refractivity contribution in [2.75, 3.05) is 20.2 Å². The zero-order valence-electron chi connectivity index (χ0n) is 12.5. The maximum absolute atomic E-state index is 12.8. The van der Waals surface area contributed by atoms with Crippen LogP contribution in [-0.4, -0.2) is 37.0 Å². The minimum atomic E-state index is -0.505. The molecule has 1 aliphatic heterocycles. The monoisotopic (exact) mass is 312 g/mol. The SMILES string of the molecule is COC(C(=O)N1CCCCC1CCN)c1ccccc1.Cl. The first-order chi connectivity index (χ1) is 9.77. The number of methoxy groups -OCH3 is 1. The van der Waals surface area contributed by atoms with Crippen LogP contribution in [0.3, 0.4) is 0 Å². The number of carbonyl (C=O) groups is 1. The molecule has 5 heteroatoms. The first kappa shape index (κ1) is 18.0. The summed E-state index contributed by atoms with van der Waals surface area (Å²) < 4.78 is 5.46. The van der Waals surface area contributed by atoms with Gasteiger partial charge in [-0.15, -0.1) is 12.4 Å². The number of piperidine rings is 1. The van der Waals surface area contributed by atoms with Gasteiger partial charge in [-0.25, -0.2) is 0 Å². The van der Waals surface area contributed by atoms with Crippen molar-refractivity contribution in [2.24, 2.45) is 5.73 Å². The van der Waals surface area contributed by atoms with Gasteiger partial charge >= 0.3 is 0 Å². The molecule has 4 nitrogen and oxygen atoms in total. The summed E-state index contributed by atoms with van der Waals surface area (Å²) in [5.41, 5.74) is 6.59. The lowest BCUT2D eigenvalue weighted by molar-refractivity contribution is -0.146. The Morgan fingerprint density at radius 2 is 2.10 bits per heavy atom. The number of likely N-dealkylation sites (tertiary alicyclic amines) is 1. The molecule has 0 spiro atoms. The number of hydrogen-bond acceptors (Lipinski definition) is 3. The first-order valence-corrected chi connectivity index (χ1v) is 7.36. The van der Waals surface area contributed by atoms with Crippen LogP contribution in [0, 0.1) is 0 Å². The normalized spacial score (nSPS) is 19.7. The predicted octanol–water partition coefficient (Wildman–Crippen LogP) is 2.53. The Morgan fingerprint density at radius 1 is 1.38 bits per heavy atom. The van der Waals surface area contributed by atoms with Gasteiger partial charge in [-0.3, -0.25) is 4.79 Å². The Kier molecular flexibility index (Phi) is 7.72. The fourth-order valence-corrected chi connectivity index (χ4v) is 2.94. The quantitative estimate of drug-likeness (QED) is 0.909. The molecule has 1 saturated heterocycles. The van der Waals surface area contributed by atoms with Crippen LogP contribution < -0.4 is 5.73 Å². The van der Waals surface area contributed by atoms with E-state index in [1.54, 1.807) is 7.11 Å². The van der Waals surface area contributed by atoms with Gasteiger partial charge in [0, 0.05) is 19.7 Å². The van der Waals surface area contributed by atoms with Gasteiger partial charge in [0.25, 0.3) is 5.91 Å². The summed E-state index contributed by atoms with van der Waals surface area (Å²) in [4.78, 5) is 14.7. The van der Waals surface area contributed by atoms with Gasteiger partial charge in [-0.2, -0.15) is 0 Å². The lowest BCUT2D eigenvalue weighted by atomic mass is 9.97. The molecule has 0 aromatic heterocycles. The van der Waals surface area contributed by atoms with Crippen molar-refractivity contribution in [3.63, 3.8) is 0 Å². The van der Waals surface area contributed by atoms with Crippen molar-refractivity contribution in [2.45, 2.75) is 37.8 Å². The molecule has 2 atom stereocenters. The van der Waals surface area contributed by atoms with Crippen molar-refractivity contribution in [3.05, 3.63) is 35.9 Å². The van der Waals surface area contributed by atoms with Gasteiger partial charge in [0.05, 0.1) is 0 Å². The fourth-order valence-electron chi connectivity index (χ4n) is 2.94. The van der Waals surface area contributed by atoms with Crippen molar-refractivity contribution in [1.82, 2.24) is 4.90 Å². The van der Waals surface area contributed by atoms with Crippen molar-refractivity contribution in [1.29, 1.82) is 0 Å². The summed E-state index contributed by atoms with van der Waals surface area (Å²) in [5, 5.41) is 0. The average molecular weight is 313 g/mol. The average Bonchev–Trinajstić information content (AvgIpc) is 2.50. The topological polar surface area (TPSA) is 55.6 Å². The van der Waals surface area contributed by atoms with Gasteiger partial charge in [-0.1, -0.05) is 30.3 Å². The number of ether oxygens (including phenoxy) is 1. The molecule has 1 heterocycles. The molecular weight excluding hydrogens is 288 g/mol. The highest BCUT2D eigenvalue weighted by atomic mass is 35.5. The summed E-state index contributed by atoms with van der Waals surface area (Å²) in [6.07, 6.45) is 3.66. The molecule has 21 heavy (non-hydrogen) atoms. The number of nitrogens with two attached hydrogens (primary N) is 1. The molecule has 2 unspecified atom stereocenters. The third-order valence-corrected chi connectivity index (χ3v) is 3.97. The second kappa shape index (κ2) is 9.03. The van der Waals surface area contributed by atoms with Crippen LogP contribution in [-0.2, 0) is 9.53 Å². The van der Waals surface area contributed by atoms with E-state index in [1.807, 2.05) is 35.2 Å². The van der Waals surface area contributed by atoms with Crippen LogP contribution in [0.2, 0.25) is 0 Å². The summed E-state index contributed by atoms with van der Waals surface area (Å²) in [7, 11) is 1.59. The Morgan fingerprint density at radius 3 is 2.71 bits per heavy atom. The maximum atomic E-state index is 12.8. The maximum Gasteiger partial charge on any atom is 0.256 e. The summed E-state index contributed by atoms with van der Waals surface area (Å²) in [6, 6.07) is 9.95. The molecule has 1 aromatic carbocycles. The Balaban J connectivity index is 0.00000220. The Hall–Kier alpha value is -1.10. The predicted molar refractivity (Wildman–Crippen MR) is 86.5 cm³/mol. The molecule has 2 rings (SSSR count). The lowest BCUT2D eigenvalue weighted by Gasteiger charge is -2.37. The number of benzene rings is 1. The van der Waals surface area contributed by atoms with E-state index in [9.17, 15) is 4.79 Å². The summed E-state index contributed by atoms with van der Waals surface area (Å²) >= 11 is 0. The van der Waals surface area contributed by atoms with E-state index in [0.717, 1.165) is 31.4 Å². The van der Waals surface area contributed by atoms with Gasteiger partial charge in [0.1, 0.15) is 0 Å². The zero-order valence-corrected chi connectivity index (χ0v) is 13.3. The number of halogens is 1. The minimum absolute atomic E-state index is 0.